The Bertz CT molecular complexity index is 1100. The number of Topliss-reactive ketones (excluding diaryl/α,β-unsaturated/α-hetero) is 1. The van der Waals surface area contributed by atoms with Crippen molar-refractivity contribution >= 4 is 34.2 Å². The number of carbonyl (C=O) groups excluding carboxylic acids is 2. The third-order valence-corrected chi connectivity index (χ3v) is 5.77. The second-order valence-electron chi connectivity index (χ2n) is 7.50. The van der Waals surface area contributed by atoms with Crippen LogP contribution >= 0.6 is 11.6 Å². The van der Waals surface area contributed by atoms with E-state index in [0.29, 0.717) is 34.5 Å². The summed E-state index contributed by atoms with van der Waals surface area (Å²) in [5, 5.41) is 12.0. The number of carbonyl (C=O) groups is 2. The first-order valence-corrected chi connectivity index (χ1v) is 10.1. The van der Waals surface area contributed by atoms with Crippen LogP contribution in [0.15, 0.2) is 54.7 Å². The zero-order chi connectivity index (χ0) is 21.3. The van der Waals surface area contributed by atoms with Crippen LogP contribution in [-0.4, -0.2) is 45.9 Å². The van der Waals surface area contributed by atoms with Gasteiger partial charge in [0, 0.05) is 42.0 Å². The second kappa shape index (κ2) is 8.50. The summed E-state index contributed by atoms with van der Waals surface area (Å²) in [6, 6.07) is 12.9. The molecule has 2 aromatic carbocycles. The standard InChI is InChI=1S/C23H20ClFN2O3/c24-15-3-1-14(2-4-15)11-21(28)23(30)27-10-8-18(22(29)13-27)17-7-9-26-20-6-5-16(25)12-19(17)20/h1-7,9,12,18,22,29H,8,10-11,13H2/t18-,22-/m0/s1. The van der Waals surface area contributed by atoms with Gasteiger partial charge in [-0.2, -0.15) is 0 Å². The summed E-state index contributed by atoms with van der Waals surface area (Å²) in [5.74, 6) is -1.77. The third kappa shape index (κ3) is 4.20. The number of piperidine rings is 1. The zero-order valence-electron chi connectivity index (χ0n) is 16.1. The normalized spacial score (nSPS) is 19.1. The van der Waals surface area contributed by atoms with E-state index in [2.05, 4.69) is 4.98 Å². The fourth-order valence-corrected chi connectivity index (χ4v) is 4.11. The van der Waals surface area contributed by atoms with Crippen LogP contribution in [0, 0.1) is 5.82 Å². The van der Waals surface area contributed by atoms with Gasteiger partial charge >= 0.3 is 0 Å². The number of aromatic nitrogens is 1. The van der Waals surface area contributed by atoms with Gasteiger partial charge in [-0.1, -0.05) is 23.7 Å². The lowest BCUT2D eigenvalue weighted by atomic mass is 9.85. The summed E-state index contributed by atoms with van der Waals surface area (Å²) in [6.45, 7) is 0.390. The molecule has 7 heteroatoms. The van der Waals surface area contributed by atoms with Crippen LogP contribution in [0.1, 0.15) is 23.5 Å². The molecule has 0 radical (unpaired) electrons. The third-order valence-electron chi connectivity index (χ3n) is 5.52. The number of hydrogen-bond donors (Lipinski definition) is 1. The summed E-state index contributed by atoms with van der Waals surface area (Å²) in [7, 11) is 0. The van der Waals surface area contributed by atoms with E-state index in [-0.39, 0.29) is 24.7 Å². The summed E-state index contributed by atoms with van der Waals surface area (Å²) in [4.78, 5) is 30.6. The molecular formula is C23H20ClFN2O3. The molecule has 0 unspecified atom stereocenters. The average Bonchev–Trinajstić information content (AvgIpc) is 2.74. The maximum Gasteiger partial charge on any atom is 0.290 e. The number of likely N-dealkylation sites (tertiary alicyclic amines) is 1. The number of ketones is 1. The van der Waals surface area contributed by atoms with Gasteiger partial charge in [-0.25, -0.2) is 4.39 Å². The van der Waals surface area contributed by atoms with Crippen molar-refractivity contribution in [1.29, 1.82) is 0 Å². The Morgan fingerprint density at radius 2 is 1.93 bits per heavy atom. The van der Waals surface area contributed by atoms with E-state index < -0.39 is 17.8 Å². The molecule has 2 heterocycles. The van der Waals surface area contributed by atoms with Gasteiger partial charge in [0.15, 0.2) is 0 Å². The number of benzene rings is 2. The average molecular weight is 427 g/mol. The summed E-state index contributed by atoms with van der Waals surface area (Å²) in [5.41, 5.74) is 2.16. The molecule has 2 atom stereocenters. The molecule has 0 saturated carbocycles. The second-order valence-corrected chi connectivity index (χ2v) is 7.94. The molecule has 30 heavy (non-hydrogen) atoms. The van der Waals surface area contributed by atoms with E-state index in [1.807, 2.05) is 0 Å². The SMILES string of the molecule is O=C(Cc1ccc(Cl)cc1)C(=O)N1CC[C@@H](c2ccnc3ccc(F)cc23)[C@@H](O)C1. The fraction of sp³-hybridized carbons (Fsp3) is 0.261. The van der Waals surface area contributed by atoms with E-state index in [9.17, 15) is 19.1 Å². The van der Waals surface area contributed by atoms with Gasteiger partial charge in [-0.3, -0.25) is 14.6 Å². The fourth-order valence-electron chi connectivity index (χ4n) is 3.98. The number of aliphatic hydroxyl groups is 1. The first-order chi connectivity index (χ1) is 14.4. The first-order valence-electron chi connectivity index (χ1n) is 9.71. The number of β-amino-alcohol motifs (C(OH)–C–C–N with tert-alkyl or cyclic N) is 1. The predicted octanol–water partition coefficient (Wildman–Crippen LogP) is 3.52. The lowest BCUT2D eigenvalue weighted by Gasteiger charge is -2.36. The molecule has 1 N–H and O–H groups in total. The van der Waals surface area contributed by atoms with Crippen molar-refractivity contribution in [3.05, 3.63) is 76.7 Å². The van der Waals surface area contributed by atoms with Crippen LogP contribution in [0.2, 0.25) is 5.02 Å². The highest BCUT2D eigenvalue weighted by Gasteiger charge is 2.34. The van der Waals surface area contributed by atoms with Gasteiger partial charge in [-0.05, 0) is 53.9 Å². The van der Waals surface area contributed by atoms with Crippen molar-refractivity contribution < 1.29 is 19.1 Å². The Balaban J connectivity index is 1.46. The van der Waals surface area contributed by atoms with Crippen LogP contribution in [-0.2, 0) is 16.0 Å². The molecule has 1 amide bonds. The monoisotopic (exact) mass is 426 g/mol. The number of halogens is 2. The Morgan fingerprint density at radius 1 is 1.17 bits per heavy atom. The van der Waals surface area contributed by atoms with Gasteiger partial charge in [-0.15, -0.1) is 0 Å². The van der Waals surface area contributed by atoms with E-state index >= 15 is 0 Å². The smallest absolute Gasteiger partial charge is 0.290 e. The maximum absolute atomic E-state index is 13.8. The largest absolute Gasteiger partial charge is 0.391 e. The number of pyridine rings is 1. The Kier molecular flexibility index (Phi) is 5.79. The molecule has 1 aromatic heterocycles. The van der Waals surface area contributed by atoms with Crippen molar-refractivity contribution in [3.63, 3.8) is 0 Å². The minimum atomic E-state index is -0.861. The number of rotatable bonds is 4. The number of hydrogen-bond acceptors (Lipinski definition) is 4. The Labute approximate surface area is 178 Å². The summed E-state index contributed by atoms with van der Waals surface area (Å²) < 4.78 is 13.8. The van der Waals surface area contributed by atoms with Crippen molar-refractivity contribution in [2.24, 2.45) is 0 Å². The molecular weight excluding hydrogens is 407 g/mol. The molecule has 0 bridgehead atoms. The molecule has 1 aliphatic rings. The van der Waals surface area contributed by atoms with Gasteiger partial charge < -0.3 is 10.0 Å². The molecule has 1 aliphatic heterocycles. The van der Waals surface area contributed by atoms with Gasteiger partial charge in [0.25, 0.3) is 5.91 Å². The van der Waals surface area contributed by atoms with Crippen molar-refractivity contribution in [2.75, 3.05) is 13.1 Å². The number of amides is 1. The van der Waals surface area contributed by atoms with Crippen molar-refractivity contribution in [1.82, 2.24) is 9.88 Å². The first kappa shape index (κ1) is 20.4. The molecule has 154 valence electrons. The van der Waals surface area contributed by atoms with Gasteiger partial charge in [0.1, 0.15) is 5.82 Å². The predicted molar refractivity (Wildman–Crippen MR) is 112 cm³/mol. The lowest BCUT2D eigenvalue weighted by molar-refractivity contribution is -0.146. The van der Waals surface area contributed by atoms with Crippen LogP contribution < -0.4 is 0 Å². The van der Waals surface area contributed by atoms with E-state index in [1.54, 1.807) is 42.6 Å². The van der Waals surface area contributed by atoms with E-state index in [0.717, 1.165) is 5.56 Å². The van der Waals surface area contributed by atoms with E-state index in [1.165, 1.54) is 17.0 Å². The molecule has 0 spiro atoms. The van der Waals surface area contributed by atoms with Crippen LogP contribution in [0.3, 0.4) is 0 Å². The highest BCUT2D eigenvalue weighted by Crippen LogP contribution is 2.33. The van der Waals surface area contributed by atoms with Crippen molar-refractivity contribution in [3.8, 4) is 0 Å². The molecule has 4 rings (SSSR count). The number of aliphatic hydroxyl groups excluding tert-OH is 1. The summed E-state index contributed by atoms with van der Waals surface area (Å²) >= 11 is 5.85. The Morgan fingerprint density at radius 3 is 2.67 bits per heavy atom. The molecule has 0 aliphatic carbocycles. The molecule has 5 nitrogen and oxygen atoms in total. The molecule has 3 aromatic rings. The zero-order valence-corrected chi connectivity index (χ0v) is 16.8. The minimum absolute atomic E-state index is 0.0136. The quantitative estimate of drug-likeness (QED) is 0.648. The van der Waals surface area contributed by atoms with Crippen molar-refractivity contribution in [2.45, 2.75) is 24.9 Å². The summed E-state index contributed by atoms with van der Waals surface area (Å²) in [6.07, 6.45) is 1.23. The number of nitrogens with zero attached hydrogens (tertiary/aromatic N) is 2. The maximum atomic E-state index is 13.8. The Hall–Kier alpha value is -2.83. The highest BCUT2D eigenvalue weighted by atomic mass is 35.5. The van der Waals surface area contributed by atoms with Gasteiger partial charge in [0.05, 0.1) is 11.6 Å². The van der Waals surface area contributed by atoms with E-state index in [4.69, 9.17) is 11.6 Å². The molecule has 1 saturated heterocycles. The lowest BCUT2D eigenvalue weighted by Crippen LogP contribution is -2.48. The van der Waals surface area contributed by atoms with Crippen LogP contribution in [0.5, 0.6) is 0 Å². The topological polar surface area (TPSA) is 70.5 Å². The molecule has 1 fully saturated rings. The number of fused-ring (bicyclic) bond motifs is 1. The highest BCUT2D eigenvalue weighted by molar-refractivity contribution is 6.36. The van der Waals surface area contributed by atoms with Crippen LogP contribution in [0.4, 0.5) is 4.39 Å². The van der Waals surface area contributed by atoms with Crippen LogP contribution in [0.25, 0.3) is 10.9 Å². The minimum Gasteiger partial charge on any atom is -0.391 e. The van der Waals surface area contributed by atoms with Gasteiger partial charge in [0.2, 0.25) is 5.78 Å².